The highest BCUT2D eigenvalue weighted by Gasteiger charge is 2.58. The molecule has 3 unspecified atom stereocenters. The van der Waals surface area contributed by atoms with E-state index in [0.717, 1.165) is 5.56 Å². The predicted molar refractivity (Wildman–Crippen MR) is 82.8 cm³/mol. The zero-order valence-corrected chi connectivity index (χ0v) is 13.0. The van der Waals surface area contributed by atoms with Crippen LogP contribution in [0.15, 0.2) is 42.5 Å². The summed E-state index contributed by atoms with van der Waals surface area (Å²) in [4.78, 5) is 11.9. The van der Waals surface area contributed by atoms with Gasteiger partial charge in [-0.3, -0.25) is 0 Å². The minimum atomic E-state index is -0.691. The molecular weight excluding hydrogens is 278 g/mol. The van der Waals surface area contributed by atoms with Crippen LogP contribution in [0.3, 0.4) is 0 Å². The van der Waals surface area contributed by atoms with Crippen LogP contribution in [0.2, 0.25) is 0 Å². The van der Waals surface area contributed by atoms with Crippen molar-refractivity contribution in [3.05, 3.63) is 48.0 Å². The fourth-order valence-corrected chi connectivity index (χ4v) is 2.85. The second kappa shape index (κ2) is 6.76. The lowest BCUT2D eigenvalue weighted by atomic mass is 9.63. The fourth-order valence-electron chi connectivity index (χ4n) is 2.85. The van der Waals surface area contributed by atoms with Gasteiger partial charge in [0.1, 0.15) is 17.6 Å². The smallest absolute Gasteiger partial charge is 0.333 e. The molecule has 0 aromatic heterocycles. The summed E-state index contributed by atoms with van der Waals surface area (Å²) in [6.45, 7) is 7.92. The standard InChI is InChI=1S/C18H21NO3/c1-4-13(3)17(20)22-16-11-18(21-5-2,15(16)12-19)14-9-7-6-8-10-14/h6-10,15-16H,3-5,11H2,1-2H3. The van der Waals surface area contributed by atoms with Crippen molar-refractivity contribution in [3.63, 3.8) is 0 Å². The van der Waals surface area contributed by atoms with Gasteiger partial charge in [-0.05, 0) is 18.9 Å². The Balaban J connectivity index is 2.20. The average Bonchev–Trinajstić information content (AvgIpc) is 2.53. The summed E-state index contributed by atoms with van der Waals surface area (Å²) in [7, 11) is 0. The summed E-state index contributed by atoms with van der Waals surface area (Å²) in [5.41, 5.74) is 0.679. The lowest BCUT2D eigenvalue weighted by Gasteiger charge is -2.50. The Morgan fingerprint density at radius 3 is 2.64 bits per heavy atom. The lowest BCUT2D eigenvalue weighted by Crippen LogP contribution is -2.57. The van der Waals surface area contributed by atoms with Crippen LogP contribution in [0.5, 0.6) is 0 Å². The van der Waals surface area contributed by atoms with Gasteiger partial charge in [0, 0.05) is 18.6 Å². The van der Waals surface area contributed by atoms with Crippen LogP contribution in [0.25, 0.3) is 0 Å². The maximum absolute atomic E-state index is 11.9. The number of benzene rings is 1. The highest BCUT2D eigenvalue weighted by molar-refractivity contribution is 5.87. The molecule has 116 valence electrons. The molecule has 0 saturated heterocycles. The fraction of sp³-hybridized carbons (Fsp3) is 0.444. The summed E-state index contributed by atoms with van der Waals surface area (Å²) < 4.78 is 11.3. The van der Waals surface area contributed by atoms with E-state index in [2.05, 4.69) is 12.6 Å². The molecule has 0 N–H and O–H groups in total. The first kappa shape index (κ1) is 16.3. The van der Waals surface area contributed by atoms with Crippen LogP contribution in [0.4, 0.5) is 0 Å². The van der Waals surface area contributed by atoms with Crippen molar-refractivity contribution >= 4 is 5.97 Å². The molecule has 3 atom stereocenters. The van der Waals surface area contributed by atoms with E-state index in [1.165, 1.54) is 0 Å². The maximum Gasteiger partial charge on any atom is 0.333 e. The topological polar surface area (TPSA) is 59.3 Å². The summed E-state index contributed by atoms with van der Waals surface area (Å²) in [5.74, 6) is -0.936. The molecule has 22 heavy (non-hydrogen) atoms. The average molecular weight is 299 g/mol. The van der Waals surface area contributed by atoms with E-state index in [1.807, 2.05) is 44.2 Å². The number of nitrogens with zero attached hydrogens (tertiary/aromatic N) is 1. The van der Waals surface area contributed by atoms with Crippen LogP contribution in [0, 0.1) is 17.2 Å². The van der Waals surface area contributed by atoms with E-state index in [1.54, 1.807) is 0 Å². The Bertz CT molecular complexity index is 590. The molecule has 1 aliphatic carbocycles. The first-order valence-electron chi connectivity index (χ1n) is 7.56. The molecule has 1 fully saturated rings. The van der Waals surface area contributed by atoms with Crippen molar-refractivity contribution < 1.29 is 14.3 Å². The van der Waals surface area contributed by atoms with Crippen molar-refractivity contribution in [3.8, 4) is 6.07 Å². The second-order valence-electron chi connectivity index (χ2n) is 5.40. The van der Waals surface area contributed by atoms with Crippen LogP contribution >= 0.6 is 0 Å². The molecule has 0 aliphatic heterocycles. The van der Waals surface area contributed by atoms with Gasteiger partial charge in [0.25, 0.3) is 0 Å². The van der Waals surface area contributed by atoms with Crippen molar-refractivity contribution in [2.75, 3.05) is 6.61 Å². The molecule has 1 aromatic carbocycles. The molecule has 0 radical (unpaired) electrons. The molecular formula is C18H21NO3. The summed E-state index contributed by atoms with van der Waals surface area (Å²) >= 11 is 0. The summed E-state index contributed by atoms with van der Waals surface area (Å²) in [6, 6.07) is 11.9. The van der Waals surface area contributed by atoms with Crippen molar-refractivity contribution in [2.45, 2.75) is 38.4 Å². The predicted octanol–water partition coefficient (Wildman–Crippen LogP) is 3.34. The van der Waals surface area contributed by atoms with Gasteiger partial charge in [0.15, 0.2) is 0 Å². The number of carbonyl (C=O) groups is 1. The number of nitriles is 1. The van der Waals surface area contributed by atoms with Gasteiger partial charge in [-0.1, -0.05) is 43.8 Å². The molecule has 4 nitrogen and oxygen atoms in total. The quantitative estimate of drug-likeness (QED) is 0.597. The van der Waals surface area contributed by atoms with Gasteiger partial charge in [-0.2, -0.15) is 5.26 Å². The van der Waals surface area contributed by atoms with Crippen molar-refractivity contribution in [1.82, 2.24) is 0 Å². The molecule has 1 aliphatic rings. The van der Waals surface area contributed by atoms with Gasteiger partial charge >= 0.3 is 5.97 Å². The normalized spacial score (nSPS) is 26.6. The number of ether oxygens (including phenoxy) is 2. The van der Waals surface area contributed by atoms with Gasteiger partial charge in [0.05, 0.1) is 6.07 Å². The molecule has 0 amide bonds. The number of carbonyl (C=O) groups excluding carboxylic acids is 1. The Hall–Kier alpha value is -2.12. The molecule has 0 heterocycles. The van der Waals surface area contributed by atoms with E-state index >= 15 is 0 Å². The molecule has 1 saturated carbocycles. The number of rotatable bonds is 6. The highest BCUT2D eigenvalue weighted by atomic mass is 16.6. The van der Waals surface area contributed by atoms with E-state index in [-0.39, 0.29) is 0 Å². The third kappa shape index (κ3) is 2.77. The van der Waals surface area contributed by atoms with Crippen molar-refractivity contribution in [2.24, 2.45) is 5.92 Å². The minimum absolute atomic E-state index is 0.422. The minimum Gasteiger partial charge on any atom is -0.457 e. The molecule has 0 spiro atoms. The number of esters is 1. The van der Waals surface area contributed by atoms with Gasteiger partial charge in [-0.25, -0.2) is 4.79 Å². The summed E-state index contributed by atoms with van der Waals surface area (Å²) in [6.07, 6.45) is 0.580. The van der Waals surface area contributed by atoms with Gasteiger partial charge in [-0.15, -0.1) is 0 Å². The van der Waals surface area contributed by atoms with Gasteiger partial charge < -0.3 is 9.47 Å². The molecule has 4 heteroatoms. The molecule has 2 rings (SSSR count). The van der Waals surface area contributed by atoms with Crippen LogP contribution in [-0.4, -0.2) is 18.7 Å². The summed E-state index contributed by atoms with van der Waals surface area (Å²) in [5, 5.41) is 9.54. The SMILES string of the molecule is C=C(CC)C(=O)OC1CC(OCC)(c2ccccc2)C1C#N. The first-order valence-corrected chi connectivity index (χ1v) is 7.56. The third-order valence-corrected chi connectivity index (χ3v) is 4.16. The Kier molecular flexibility index (Phi) is 4.99. The van der Waals surface area contributed by atoms with E-state index in [0.29, 0.717) is 25.0 Å². The Morgan fingerprint density at radius 1 is 1.41 bits per heavy atom. The molecule has 1 aromatic rings. The Labute approximate surface area is 131 Å². The highest BCUT2D eigenvalue weighted by Crippen LogP contribution is 2.51. The van der Waals surface area contributed by atoms with Gasteiger partial charge in [0.2, 0.25) is 0 Å². The van der Waals surface area contributed by atoms with E-state index in [4.69, 9.17) is 9.47 Å². The molecule has 0 bridgehead atoms. The van der Waals surface area contributed by atoms with Crippen LogP contribution < -0.4 is 0 Å². The van der Waals surface area contributed by atoms with Crippen LogP contribution in [-0.2, 0) is 19.9 Å². The lowest BCUT2D eigenvalue weighted by molar-refractivity contribution is -0.208. The first-order chi connectivity index (χ1) is 10.6. The monoisotopic (exact) mass is 299 g/mol. The maximum atomic E-state index is 11.9. The zero-order valence-electron chi connectivity index (χ0n) is 13.0. The largest absolute Gasteiger partial charge is 0.457 e. The zero-order chi connectivity index (χ0) is 16.2. The van der Waals surface area contributed by atoms with Crippen molar-refractivity contribution in [1.29, 1.82) is 5.26 Å². The van der Waals surface area contributed by atoms with E-state index < -0.39 is 23.6 Å². The third-order valence-electron chi connectivity index (χ3n) is 4.16. The number of hydrogen-bond donors (Lipinski definition) is 0. The second-order valence-corrected chi connectivity index (χ2v) is 5.40. The van der Waals surface area contributed by atoms with E-state index in [9.17, 15) is 10.1 Å². The Morgan fingerprint density at radius 2 is 2.09 bits per heavy atom. The van der Waals surface area contributed by atoms with Crippen LogP contribution in [0.1, 0.15) is 32.3 Å². The number of hydrogen-bond acceptors (Lipinski definition) is 4.